The lowest BCUT2D eigenvalue weighted by atomic mass is 9.88. The van der Waals surface area contributed by atoms with Crippen molar-refractivity contribution in [3.63, 3.8) is 0 Å². The van der Waals surface area contributed by atoms with Crippen molar-refractivity contribution in [2.45, 2.75) is 33.2 Å². The first kappa shape index (κ1) is 18.9. The lowest BCUT2D eigenvalue weighted by molar-refractivity contribution is 0.0995. The molecule has 0 radical (unpaired) electrons. The molecule has 0 atom stereocenters. The quantitative estimate of drug-likeness (QED) is 0.551. The Labute approximate surface area is 169 Å². The molecular weight excluding hydrogens is 364 g/mol. The Hall–Kier alpha value is -3.41. The Morgan fingerprint density at radius 1 is 1.17 bits per heavy atom. The molecule has 0 bridgehead atoms. The highest BCUT2D eigenvalue weighted by molar-refractivity contribution is 6.04. The van der Waals surface area contributed by atoms with Crippen LogP contribution in [0.25, 0.3) is 16.5 Å². The number of aryl methyl sites for hydroxylation is 2. The first-order chi connectivity index (χ1) is 13.7. The third-order valence-electron chi connectivity index (χ3n) is 5.25. The Morgan fingerprint density at radius 3 is 2.66 bits per heavy atom. The normalized spacial score (nSPS) is 15.3. The summed E-state index contributed by atoms with van der Waals surface area (Å²) in [7, 11) is 1.75. The van der Waals surface area contributed by atoms with Gasteiger partial charge in [-0.1, -0.05) is 24.3 Å². The molecule has 1 aliphatic rings. The minimum absolute atomic E-state index is 0.0212. The van der Waals surface area contributed by atoms with Crippen LogP contribution in [0, 0.1) is 6.92 Å². The molecule has 0 aliphatic carbocycles. The van der Waals surface area contributed by atoms with Gasteiger partial charge in [0.15, 0.2) is 5.69 Å². The maximum absolute atomic E-state index is 13.0. The van der Waals surface area contributed by atoms with Crippen molar-refractivity contribution >= 4 is 33.8 Å². The predicted octanol–water partition coefficient (Wildman–Crippen LogP) is 5.72. The number of allylic oxidation sites excluding steroid dienone is 1. The second kappa shape index (κ2) is 6.58. The number of rotatable bonds is 2. The minimum Gasteiger partial charge on any atom is -0.493 e. The fourth-order valence-corrected chi connectivity index (χ4v) is 3.99. The van der Waals surface area contributed by atoms with Gasteiger partial charge >= 0.3 is 0 Å². The van der Waals surface area contributed by atoms with Crippen LogP contribution in [0.3, 0.4) is 0 Å². The van der Waals surface area contributed by atoms with Crippen molar-refractivity contribution in [1.82, 2.24) is 4.57 Å². The van der Waals surface area contributed by atoms with E-state index in [-0.39, 0.29) is 11.4 Å². The van der Waals surface area contributed by atoms with Crippen LogP contribution in [-0.2, 0) is 7.05 Å². The third-order valence-corrected chi connectivity index (χ3v) is 5.25. The number of nitrogens with one attached hydrogen (secondary N) is 1. The topological polar surface area (TPSA) is 79.0 Å². The maximum atomic E-state index is 13.0. The smallest absolute Gasteiger partial charge is 0.297 e. The van der Waals surface area contributed by atoms with Gasteiger partial charge in [-0.15, -0.1) is 10.2 Å². The summed E-state index contributed by atoms with van der Waals surface area (Å²) in [6, 6.07) is 11.4. The molecule has 29 heavy (non-hydrogen) atoms. The highest BCUT2D eigenvalue weighted by atomic mass is 16.3. The van der Waals surface area contributed by atoms with E-state index in [1.807, 2.05) is 44.2 Å². The van der Waals surface area contributed by atoms with E-state index in [2.05, 4.69) is 41.5 Å². The summed E-state index contributed by atoms with van der Waals surface area (Å²) in [4.78, 5) is 13.0. The van der Waals surface area contributed by atoms with Crippen molar-refractivity contribution in [3.8, 4) is 5.88 Å². The molecule has 4 rings (SSSR count). The Bertz CT molecular complexity index is 1220. The van der Waals surface area contributed by atoms with Crippen molar-refractivity contribution in [1.29, 1.82) is 0 Å². The van der Waals surface area contributed by atoms with Gasteiger partial charge in [-0.3, -0.25) is 4.79 Å². The Morgan fingerprint density at radius 2 is 1.90 bits per heavy atom. The number of benzene rings is 2. The average Bonchev–Trinajstić information content (AvgIpc) is 2.90. The number of hydrogen-bond donors (Lipinski definition) is 2. The number of aromatic nitrogens is 1. The van der Waals surface area contributed by atoms with E-state index < -0.39 is 5.91 Å². The van der Waals surface area contributed by atoms with Crippen LogP contribution in [0.2, 0.25) is 0 Å². The van der Waals surface area contributed by atoms with Crippen LogP contribution in [0.1, 0.15) is 42.3 Å². The number of amides is 1. The molecule has 2 heterocycles. The average molecular weight is 388 g/mol. The van der Waals surface area contributed by atoms with Gasteiger partial charge in [0.1, 0.15) is 0 Å². The molecule has 0 saturated heterocycles. The Kier molecular flexibility index (Phi) is 4.30. The van der Waals surface area contributed by atoms with Crippen molar-refractivity contribution < 1.29 is 9.90 Å². The molecule has 2 N–H and O–H groups in total. The highest BCUT2D eigenvalue weighted by Crippen LogP contribution is 2.39. The number of nitrogens with zero attached hydrogens (tertiary/aromatic N) is 3. The molecule has 1 aromatic heterocycles. The van der Waals surface area contributed by atoms with Gasteiger partial charge in [0.2, 0.25) is 5.88 Å². The van der Waals surface area contributed by atoms with Crippen molar-refractivity contribution in [3.05, 3.63) is 59.2 Å². The fraction of sp³-hybridized carbons (Fsp3) is 0.261. The second-order valence-electron chi connectivity index (χ2n) is 8.16. The zero-order valence-electron chi connectivity index (χ0n) is 17.2. The summed E-state index contributed by atoms with van der Waals surface area (Å²) in [6.45, 7) is 8.12. The molecule has 1 amide bonds. The van der Waals surface area contributed by atoms with Crippen LogP contribution in [-0.4, -0.2) is 21.1 Å². The maximum Gasteiger partial charge on any atom is 0.297 e. The van der Waals surface area contributed by atoms with Gasteiger partial charge in [-0.2, -0.15) is 0 Å². The standard InChI is InChI=1S/C23H24N4O2/c1-13-10-16-14(2)12-23(3,4)24-19(16)17(11-13)21(28)26-25-20-15-8-6-7-9-18(15)27(5)22(20)29/h6-12,24,29H,1-5H3. The van der Waals surface area contributed by atoms with E-state index in [0.717, 1.165) is 33.3 Å². The predicted molar refractivity (Wildman–Crippen MR) is 116 cm³/mol. The summed E-state index contributed by atoms with van der Waals surface area (Å²) in [5, 5.41) is 22.7. The number of para-hydroxylation sites is 1. The summed E-state index contributed by atoms with van der Waals surface area (Å²) >= 11 is 0. The highest BCUT2D eigenvalue weighted by Gasteiger charge is 2.27. The van der Waals surface area contributed by atoms with Gasteiger partial charge in [0.05, 0.1) is 22.3 Å². The van der Waals surface area contributed by atoms with Crippen LogP contribution in [0.4, 0.5) is 11.4 Å². The number of carbonyl (C=O) groups is 1. The van der Waals surface area contributed by atoms with Crippen molar-refractivity contribution in [2.75, 3.05) is 5.32 Å². The largest absolute Gasteiger partial charge is 0.493 e. The van der Waals surface area contributed by atoms with Gasteiger partial charge < -0.3 is 15.0 Å². The number of azo groups is 1. The van der Waals surface area contributed by atoms with Gasteiger partial charge in [-0.05, 0) is 57.0 Å². The number of aromatic hydroxyl groups is 1. The van der Waals surface area contributed by atoms with Crippen molar-refractivity contribution in [2.24, 2.45) is 17.3 Å². The molecule has 6 nitrogen and oxygen atoms in total. The second-order valence-corrected chi connectivity index (χ2v) is 8.16. The van der Waals surface area contributed by atoms with E-state index in [4.69, 9.17) is 0 Å². The molecule has 0 spiro atoms. The van der Waals surface area contributed by atoms with Gasteiger partial charge in [0, 0.05) is 18.0 Å². The summed E-state index contributed by atoms with van der Waals surface area (Å²) in [5.41, 5.74) is 5.18. The van der Waals surface area contributed by atoms with E-state index in [0.29, 0.717) is 11.3 Å². The van der Waals surface area contributed by atoms with Gasteiger partial charge in [0.25, 0.3) is 5.91 Å². The number of anilines is 1. The van der Waals surface area contributed by atoms with E-state index in [1.54, 1.807) is 11.6 Å². The zero-order valence-corrected chi connectivity index (χ0v) is 17.2. The van der Waals surface area contributed by atoms with Crippen LogP contribution < -0.4 is 5.32 Å². The molecule has 1 aliphatic heterocycles. The van der Waals surface area contributed by atoms with E-state index >= 15 is 0 Å². The SMILES string of the molecule is CC1=CC(C)(C)Nc2c(C(=O)N=Nc3c(O)n(C)c4ccccc34)cc(C)cc21. The summed E-state index contributed by atoms with van der Waals surface area (Å²) in [6.07, 6.45) is 2.15. The monoisotopic (exact) mass is 388 g/mol. The summed E-state index contributed by atoms with van der Waals surface area (Å²) in [5.74, 6) is -0.470. The molecule has 0 saturated carbocycles. The minimum atomic E-state index is -0.449. The van der Waals surface area contributed by atoms with E-state index in [1.165, 1.54) is 0 Å². The lowest BCUT2D eigenvalue weighted by Gasteiger charge is -2.32. The number of carbonyl (C=O) groups excluding carboxylic acids is 1. The molecule has 2 aromatic carbocycles. The molecular formula is C23H24N4O2. The molecule has 0 fully saturated rings. The molecule has 6 heteroatoms. The molecule has 148 valence electrons. The molecule has 3 aromatic rings. The van der Waals surface area contributed by atoms with Crippen LogP contribution in [0.15, 0.2) is 52.7 Å². The summed E-state index contributed by atoms with van der Waals surface area (Å²) < 4.78 is 1.63. The first-order valence-corrected chi connectivity index (χ1v) is 9.53. The zero-order chi connectivity index (χ0) is 20.9. The first-order valence-electron chi connectivity index (χ1n) is 9.53. The molecule has 0 unspecified atom stereocenters. The van der Waals surface area contributed by atoms with Crippen LogP contribution in [0.5, 0.6) is 5.88 Å². The number of fused-ring (bicyclic) bond motifs is 2. The fourth-order valence-electron chi connectivity index (χ4n) is 3.99. The Balaban J connectivity index is 1.78. The number of hydrogen-bond acceptors (Lipinski definition) is 4. The lowest BCUT2D eigenvalue weighted by Crippen LogP contribution is -2.32. The van der Waals surface area contributed by atoms with Crippen LogP contribution >= 0.6 is 0 Å². The van der Waals surface area contributed by atoms with Gasteiger partial charge in [-0.25, -0.2) is 0 Å². The third kappa shape index (κ3) is 3.20. The van der Waals surface area contributed by atoms with E-state index in [9.17, 15) is 9.90 Å².